The van der Waals surface area contributed by atoms with Gasteiger partial charge in [0.1, 0.15) is 5.25 Å². The van der Waals surface area contributed by atoms with Crippen molar-refractivity contribution in [3.8, 4) is 0 Å². The molecule has 2 atom stereocenters. The summed E-state index contributed by atoms with van der Waals surface area (Å²) in [4.78, 5) is 14.9. The number of hydrogen-bond acceptors (Lipinski definition) is 5. The first kappa shape index (κ1) is 27.8. The van der Waals surface area contributed by atoms with Crippen molar-refractivity contribution in [2.45, 2.75) is 50.3 Å². The van der Waals surface area contributed by atoms with Gasteiger partial charge in [-0.1, -0.05) is 42.5 Å². The monoisotopic (exact) mass is 547 g/mol. The van der Waals surface area contributed by atoms with Crippen molar-refractivity contribution in [2.24, 2.45) is 5.92 Å². The maximum Gasteiger partial charge on any atom is 0.253 e. The molecule has 0 spiro atoms. The molecular formula is C27H37N3O5S2. The van der Waals surface area contributed by atoms with E-state index in [2.05, 4.69) is 4.72 Å². The third-order valence-corrected chi connectivity index (χ3v) is 10.7. The molecule has 10 heteroatoms. The molecule has 1 amide bonds. The Morgan fingerprint density at radius 3 is 2.27 bits per heavy atom. The number of nitrogens with zero attached hydrogens (tertiary/aromatic N) is 2. The molecule has 0 bridgehead atoms. The van der Waals surface area contributed by atoms with Crippen LogP contribution in [-0.4, -0.2) is 64.4 Å². The van der Waals surface area contributed by atoms with Gasteiger partial charge in [0.15, 0.2) is 0 Å². The van der Waals surface area contributed by atoms with Crippen molar-refractivity contribution in [1.82, 2.24) is 13.9 Å². The summed E-state index contributed by atoms with van der Waals surface area (Å²) in [6.07, 6.45) is 5.05. The lowest BCUT2D eigenvalue weighted by Gasteiger charge is -2.36. The number of carbonyl (C=O) groups is 1. The van der Waals surface area contributed by atoms with Gasteiger partial charge >= 0.3 is 0 Å². The predicted octanol–water partition coefficient (Wildman–Crippen LogP) is 3.71. The number of hydrogen-bond donors (Lipinski definition) is 1. The topological polar surface area (TPSA) is 104 Å². The number of sulfonamides is 2. The van der Waals surface area contributed by atoms with E-state index in [1.807, 2.05) is 54.3 Å². The molecule has 2 aromatic carbocycles. The Kier molecular flexibility index (Phi) is 8.73. The average molecular weight is 548 g/mol. The van der Waals surface area contributed by atoms with E-state index >= 15 is 0 Å². The number of benzene rings is 2. The van der Waals surface area contributed by atoms with E-state index in [0.29, 0.717) is 44.1 Å². The van der Waals surface area contributed by atoms with Crippen LogP contribution in [0.1, 0.15) is 71.8 Å². The molecule has 2 unspecified atom stereocenters. The Labute approximate surface area is 221 Å². The summed E-state index contributed by atoms with van der Waals surface area (Å²) < 4.78 is 53.6. The van der Waals surface area contributed by atoms with Gasteiger partial charge < -0.3 is 4.90 Å². The Hall–Kier alpha value is -2.27. The van der Waals surface area contributed by atoms with Gasteiger partial charge in [0.05, 0.1) is 6.26 Å². The summed E-state index contributed by atoms with van der Waals surface area (Å²) in [5, 5.41) is -0.532. The highest BCUT2D eigenvalue weighted by Gasteiger charge is 2.39. The van der Waals surface area contributed by atoms with Crippen LogP contribution in [0.2, 0.25) is 0 Å². The maximum absolute atomic E-state index is 13.5. The number of nitrogens with one attached hydrogen (secondary N) is 1. The lowest BCUT2D eigenvalue weighted by atomic mass is 9.93. The second-order valence-electron chi connectivity index (χ2n) is 10.2. The lowest BCUT2D eigenvalue weighted by Crippen LogP contribution is -2.41. The maximum atomic E-state index is 13.5. The molecule has 2 aliphatic heterocycles. The molecule has 1 N–H and O–H groups in total. The molecule has 0 saturated carbocycles. The van der Waals surface area contributed by atoms with Crippen LogP contribution in [0.3, 0.4) is 0 Å². The Bertz CT molecular complexity index is 1270. The number of piperidine rings is 1. The Morgan fingerprint density at radius 2 is 1.65 bits per heavy atom. The summed E-state index contributed by atoms with van der Waals surface area (Å²) >= 11 is 0. The van der Waals surface area contributed by atoms with Crippen LogP contribution in [0.4, 0.5) is 0 Å². The van der Waals surface area contributed by atoms with Crippen LogP contribution in [0.5, 0.6) is 0 Å². The Balaban J connectivity index is 1.36. The number of likely N-dealkylation sites (tertiary alicyclic amines) is 1. The van der Waals surface area contributed by atoms with E-state index in [4.69, 9.17) is 0 Å². The number of carbonyl (C=O) groups excluding carboxylic acids is 1. The molecule has 2 fully saturated rings. The van der Waals surface area contributed by atoms with E-state index in [1.54, 1.807) is 16.4 Å². The lowest BCUT2D eigenvalue weighted by molar-refractivity contribution is 0.0687. The van der Waals surface area contributed by atoms with Crippen molar-refractivity contribution in [3.63, 3.8) is 0 Å². The SMILES string of the molecule is CC(c1ccc(C(=O)N2CCC(CCNS(C)(=O)=O)CC2)cc1)N1CCCC(c2ccccc2)S1(=O)=O. The van der Waals surface area contributed by atoms with Crippen molar-refractivity contribution >= 4 is 26.0 Å². The highest BCUT2D eigenvalue weighted by Crippen LogP contribution is 2.38. The van der Waals surface area contributed by atoms with Crippen LogP contribution < -0.4 is 4.72 Å². The van der Waals surface area contributed by atoms with Gasteiger partial charge in [-0.05, 0) is 68.2 Å². The highest BCUT2D eigenvalue weighted by atomic mass is 32.2. The summed E-state index contributed by atoms with van der Waals surface area (Å²) in [6, 6.07) is 16.4. The third kappa shape index (κ3) is 6.79. The quantitative estimate of drug-likeness (QED) is 0.543. The first-order valence-electron chi connectivity index (χ1n) is 13.0. The zero-order valence-corrected chi connectivity index (χ0v) is 23.2. The summed E-state index contributed by atoms with van der Waals surface area (Å²) in [5.41, 5.74) is 2.29. The van der Waals surface area contributed by atoms with Crippen molar-refractivity contribution in [1.29, 1.82) is 0 Å². The van der Waals surface area contributed by atoms with Crippen LogP contribution >= 0.6 is 0 Å². The van der Waals surface area contributed by atoms with Gasteiger partial charge in [0.2, 0.25) is 20.0 Å². The van der Waals surface area contributed by atoms with Crippen molar-refractivity contribution in [2.75, 3.05) is 32.4 Å². The van der Waals surface area contributed by atoms with Crippen LogP contribution in [-0.2, 0) is 20.0 Å². The summed E-state index contributed by atoms with van der Waals surface area (Å²) in [5.74, 6) is 0.370. The van der Waals surface area contributed by atoms with Crippen LogP contribution in [0.15, 0.2) is 54.6 Å². The van der Waals surface area contributed by atoms with Gasteiger partial charge in [-0.3, -0.25) is 4.79 Å². The minimum absolute atomic E-state index is 0.0263. The second kappa shape index (κ2) is 11.6. The molecule has 8 nitrogen and oxygen atoms in total. The smallest absolute Gasteiger partial charge is 0.253 e. The third-order valence-electron chi connectivity index (χ3n) is 7.59. The molecule has 4 rings (SSSR count). The molecule has 2 saturated heterocycles. The van der Waals surface area contributed by atoms with E-state index < -0.39 is 25.3 Å². The standard InChI is InChI=1S/C27H37N3O5S2/c1-21(30-18-6-9-26(37(30,34)35)24-7-4-3-5-8-24)23-10-12-25(13-11-23)27(31)29-19-15-22(16-20-29)14-17-28-36(2,32)33/h3-5,7-8,10-13,21-22,26,28H,6,9,14-20H2,1-2H3. The van der Waals surface area contributed by atoms with Gasteiger partial charge in [-0.25, -0.2) is 21.6 Å². The van der Waals surface area contributed by atoms with Crippen LogP contribution in [0, 0.1) is 5.92 Å². The molecule has 0 aromatic heterocycles. The van der Waals surface area contributed by atoms with E-state index in [-0.39, 0.29) is 11.9 Å². The molecular weight excluding hydrogens is 510 g/mol. The normalized spacial score (nSPS) is 22.0. The largest absolute Gasteiger partial charge is 0.339 e. The average Bonchev–Trinajstić information content (AvgIpc) is 2.88. The molecule has 0 aliphatic carbocycles. The fraction of sp³-hybridized carbons (Fsp3) is 0.519. The van der Waals surface area contributed by atoms with Gasteiger partial charge in [0, 0.05) is 37.8 Å². The zero-order valence-electron chi connectivity index (χ0n) is 21.5. The molecule has 2 aromatic rings. The first-order chi connectivity index (χ1) is 17.6. The predicted molar refractivity (Wildman–Crippen MR) is 145 cm³/mol. The molecule has 37 heavy (non-hydrogen) atoms. The number of rotatable bonds is 8. The zero-order chi connectivity index (χ0) is 26.6. The first-order valence-corrected chi connectivity index (χ1v) is 16.3. The fourth-order valence-corrected chi connectivity index (χ4v) is 8.15. The van der Waals surface area contributed by atoms with Crippen molar-refractivity contribution < 1.29 is 21.6 Å². The molecule has 2 aliphatic rings. The minimum Gasteiger partial charge on any atom is -0.339 e. The van der Waals surface area contributed by atoms with Gasteiger partial charge in [-0.15, -0.1) is 0 Å². The fourth-order valence-electron chi connectivity index (χ4n) is 5.42. The second-order valence-corrected chi connectivity index (χ2v) is 14.1. The molecule has 2 heterocycles. The number of amides is 1. The highest BCUT2D eigenvalue weighted by molar-refractivity contribution is 7.89. The molecule has 202 valence electrons. The van der Waals surface area contributed by atoms with Gasteiger partial charge in [0.25, 0.3) is 5.91 Å². The Morgan fingerprint density at radius 1 is 1.00 bits per heavy atom. The van der Waals surface area contributed by atoms with Crippen molar-refractivity contribution in [3.05, 3.63) is 71.3 Å². The summed E-state index contributed by atoms with van der Waals surface area (Å²) in [7, 11) is -6.68. The van der Waals surface area contributed by atoms with Crippen LogP contribution in [0.25, 0.3) is 0 Å². The van der Waals surface area contributed by atoms with E-state index in [0.717, 1.165) is 43.1 Å². The van der Waals surface area contributed by atoms with E-state index in [9.17, 15) is 21.6 Å². The van der Waals surface area contributed by atoms with E-state index in [1.165, 1.54) is 0 Å². The molecule has 0 radical (unpaired) electrons. The summed E-state index contributed by atoms with van der Waals surface area (Å²) in [6.45, 7) is 4.12. The van der Waals surface area contributed by atoms with Gasteiger partial charge in [-0.2, -0.15) is 4.31 Å². The minimum atomic E-state index is -3.51.